The third kappa shape index (κ3) is 7.57. The molecule has 1 spiro atoms. The lowest BCUT2D eigenvalue weighted by atomic mass is 9.76. The number of anilines is 1. The van der Waals surface area contributed by atoms with Crippen molar-refractivity contribution in [1.82, 2.24) is 30.3 Å². The first kappa shape index (κ1) is 33.4. The van der Waals surface area contributed by atoms with Crippen LogP contribution in [0.5, 0.6) is 11.6 Å². The molecule has 2 aliphatic rings. The van der Waals surface area contributed by atoms with Gasteiger partial charge in [-0.25, -0.2) is 14.2 Å². The third-order valence-electron chi connectivity index (χ3n) is 8.84. The fourth-order valence-corrected chi connectivity index (χ4v) is 6.51. The van der Waals surface area contributed by atoms with Crippen LogP contribution in [0.1, 0.15) is 78.1 Å². The Kier molecular flexibility index (Phi) is 10.3. The van der Waals surface area contributed by atoms with E-state index in [1.54, 1.807) is 11.9 Å². The zero-order chi connectivity index (χ0) is 32.2. The van der Waals surface area contributed by atoms with Gasteiger partial charge in [0.15, 0.2) is 5.82 Å². The SMILES string of the molecule is CCN(C(=O)c1cc(F)ccc1Oc1nncnc1N1CCC2(C1)CN(C(CCC(C)(C)OC(=O)NC)C(C)C)C2)C(C)C. The first-order valence-corrected chi connectivity index (χ1v) is 15.6. The van der Waals surface area contributed by atoms with E-state index in [9.17, 15) is 14.0 Å². The van der Waals surface area contributed by atoms with Crippen molar-refractivity contribution in [2.75, 3.05) is 44.7 Å². The molecule has 0 saturated carbocycles. The Hall–Kier alpha value is -3.54. The van der Waals surface area contributed by atoms with Crippen molar-refractivity contribution in [3.05, 3.63) is 35.9 Å². The molecule has 1 atom stereocenters. The molecule has 0 aliphatic carbocycles. The van der Waals surface area contributed by atoms with E-state index in [4.69, 9.17) is 9.47 Å². The topological polar surface area (TPSA) is 113 Å². The van der Waals surface area contributed by atoms with Crippen molar-refractivity contribution in [3.8, 4) is 11.6 Å². The van der Waals surface area contributed by atoms with Crippen LogP contribution in [0.25, 0.3) is 0 Å². The molecule has 2 amide bonds. The van der Waals surface area contributed by atoms with E-state index < -0.39 is 17.5 Å². The molecular formula is C32H48FN7O4. The van der Waals surface area contributed by atoms with Gasteiger partial charge in [-0.1, -0.05) is 13.8 Å². The predicted octanol–water partition coefficient (Wildman–Crippen LogP) is 5.13. The average molecular weight is 614 g/mol. The van der Waals surface area contributed by atoms with E-state index in [0.717, 1.165) is 45.4 Å². The van der Waals surface area contributed by atoms with Crippen LogP contribution in [0.15, 0.2) is 24.5 Å². The van der Waals surface area contributed by atoms with E-state index in [1.165, 1.54) is 24.5 Å². The van der Waals surface area contributed by atoms with Crippen LogP contribution in [-0.4, -0.2) is 94.4 Å². The van der Waals surface area contributed by atoms with Crippen LogP contribution in [0.2, 0.25) is 0 Å². The summed E-state index contributed by atoms with van der Waals surface area (Å²) in [6, 6.07) is 4.25. The molecule has 12 heteroatoms. The predicted molar refractivity (Wildman–Crippen MR) is 166 cm³/mol. The standard InChI is InChI=1S/C32H48FN7O4/c1-9-40(22(4)5)29(41)24-16-23(33)10-11-26(24)43-28-27(35-20-36-37-28)38-15-14-32(17-38)18-39(19-32)25(21(2)3)12-13-31(6,7)44-30(42)34-8/h10-11,16,20-22,25H,9,12-15,17-19H2,1-8H3,(H,34,42). The second kappa shape index (κ2) is 13.6. The monoisotopic (exact) mass is 613 g/mol. The van der Waals surface area contributed by atoms with Crippen molar-refractivity contribution < 1.29 is 23.5 Å². The van der Waals surface area contributed by atoms with Crippen LogP contribution in [0, 0.1) is 17.2 Å². The number of carbonyl (C=O) groups excluding carboxylic acids is 2. The fourth-order valence-electron chi connectivity index (χ4n) is 6.51. The molecule has 1 N–H and O–H groups in total. The van der Waals surface area contributed by atoms with Gasteiger partial charge in [0, 0.05) is 57.3 Å². The quantitative estimate of drug-likeness (QED) is 0.348. The molecule has 3 heterocycles. The molecule has 2 aromatic rings. The molecule has 2 fully saturated rings. The van der Waals surface area contributed by atoms with E-state index in [-0.39, 0.29) is 34.6 Å². The number of alkyl carbamates (subject to hydrolysis) is 1. The number of benzene rings is 1. The molecule has 44 heavy (non-hydrogen) atoms. The summed E-state index contributed by atoms with van der Waals surface area (Å²) in [7, 11) is 1.57. The number of carbonyl (C=O) groups is 2. The highest BCUT2D eigenvalue weighted by Crippen LogP contribution is 2.45. The lowest BCUT2D eigenvalue weighted by molar-refractivity contribution is -0.0430. The van der Waals surface area contributed by atoms with E-state index in [1.807, 2.05) is 34.6 Å². The summed E-state index contributed by atoms with van der Waals surface area (Å²) in [5, 5.41) is 10.7. The Morgan fingerprint density at radius 2 is 1.91 bits per heavy atom. The van der Waals surface area contributed by atoms with Crippen molar-refractivity contribution in [2.45, 2.75) is 85.4 Å². The first-order valence-electron chi connectivity index (χ1n) is 15.6. The number of nitrogens with zero attached hydrogens (tertiary/aromatic N) is 6. The van der Waals surface area contributed by atoms with Gasteiger partial charge in [0.2, 0.25) is 0 Å². The maximum Gasteiger partial charge on any atom is 0.407 e. The summed E-state index contributed by atoms with van der Waals surface area (Å²) < 4.78 is 26.0. The number of ether oxygens (including phenoxy) is 2. The minimum absolute atomic E-state index is 0.0575. The Labute approximate surface area is 260 Å². The second-order valence-electron chi connectivity index (χ2n) is 13.3. The Morgan fingerprint density at radius 3 is 2.55 bits per heavy atom. The number of aromatic nitrogens is 3. The molecule has 242 valence electrons. The second-order valence-corrected chi connectivity index (χ2v) is 13.3. The number of rotatable bonds is 12. The summed E-state index contributed by atoms with van der Waals surface area (Å²) in [4.78, 5) is 36.0. The van der Waals surface area contributed by atoms with E-state index >= 15 is 0 Å². The molecule has 1 unspecified atom stereocenters. The summed E-state index contributed by atoms with van der Waals surface area (Å²) >= 11 is 0. The van der Waals surface area contributed by atoms with Crippen molar-refractivity contribution in [3.63, 3.8) is 0 Å². The minimum atomic E-state index is -0.547. The normalized spacial score (nSPS) is 17.1. The Bertz CT molecular complexity index is 1320. The largest absolute Gasteiger partial charge is 0.444 e. The van der Waals surface area contributed by atoms with Crippen LogP contribution in [0.4, 0.5) is 15.0 Å². The van der Waals surface area contributed by atoms with Gasteiger partial charge in [-0.3, -0.25) is 9.69 Å². The van der Waals surface area contributed by atoms with Gasteiger partial charge in [-0.15, -0.1) is 10.2 Å². The zero-order valence-corrected chi connectivity index (χ0v) is 27.4. The molecule has 0 bridgehead atoms. The molecule has 2 aliphatic heterocycles. The van der Waals surface area contributed by atoms with Gasteiger partial charge in [-0.2, -0.15) is 0 Å². The average Bonchev–Trinajstić information content (AvgIpc) is 3.39. The molecule has 0 radical (unpaired) electrons. The van der Waals surface area contributed by atoms with Crippen molar-refractivity contribution in [2.24, 2.45) is 11.3 Å². The first-order chi connectivity index (χ1) is 20.8. The van der Waals surface area contributed by atoms with Crippen LogP contribution < -0.4 is 15.0 Å². The number of hydrogen-bond donors (Lipinski definition) is 1. The number of halogens is 1. The molecule has 1 aromatic heterocycles. The lowest BCUT2D eigenvalue weighted by Gasteiger charge is -2.53. The van der Waals surface area contributed by atoms with Gasteiger partial charge >= 0.3 is 6.09 Å². The fraction of sp³-hybridized carbons (Fsp3) is 0.656. The van der Waals surface area contributed by atoms with Gasteiger partial charge in [-0.05, 0) is 78.0 Å². The zero-order valence-electron chi connectivity index (χ0n) is 27.4. The van der Waals surface area contributed by atoms with Gasteiger partial charge in [0.05, 0.1) is 5.56 Å². The highest BCUT2D eigenvalue weighted by molar-refractivity contribution is 5.97. The van der Waals surface area contributed by atoms with Crippen molar-refractivity contribution >= 4 is 17.8 Å². The van der Waals surface area contributed by atoms with Gasteiger partial charge in [0.25, 0.3) is 11.8 Å². The summed E-state index contributed by atoms with van der Waals surface area (Å²) in [6.07, 6.45) is 3.69. The lowest BCUT2D eigenvalue weighted by Crippen LogP contribution is -2.62. The number of likely N-dealkylation sites (tertiary alicyclic amines) is 1. The summed E-state index contributed by atoms with van der Waals surface area (Å²) in [5.74, 6) is 0.587. The molecular weight excluding hydrogens is 565 g/mol. The third-order valence-corrected chi connectivity index (χ3v) is 8.84. The van der Waals surface area contributed by atoms with Crippen LogP contribution >= 0.6 is 0 Å². The Morgan fingerprint density at radius 1 is 1.18 bits per heavy atom. The van der Waals surface area contributed by atoms with Crippen molar-refractivity contribution in [1.29, 1.82) is 0 Å². The van der Waals surface area contributed by atoms with E-state index in [2.05, 4.69) is 44.1 Å². The maximum atomic E-state index is 14.3. The van der Waals surface area contributed by atoms with Crippen LogP contribution in [0.3, 0.4) is 0 Å². The molecule has 4 rings (SSSR count). The molecule has 1 aromatic carbocycles. The maximum absolute atomic E-state index is 14.3. The molecule has 2 saturated heterocycles. The van der Waals surface area contributed by atoms with Crippen LogP contribution in [-0.2, 0) is 4.74 Å². The summed E-state index contributed by atoms with van der Waals surface area (Å²) in [6.45, 7) is 18.1. The van der Waals surface area contributed by atoms with E-state index in [0.29, 0.717) is 24.3 Å². The van der Waals surface area contributed by atoms with Gasteiger partial charge < -0.3 is 24.6 Å². The number of amides is 2. The number of hydrogen-bond acceptors (Lipinski definition) is 9. The van der Waals surface area contributed by atoms with Gasteiger partial charge in [0.1, 0.15) is 23.5 Å². The smallest absolute Gasteiger partial charge is 0.407 e. The minimum Gasteiger partial charge on any atom is -0.444 e. The highest BCUT2D eigenvalue weighted by atomic mass is 19.1. The number of nitrogens with one attached hydrogen (secondary N) is 1. The molecule has 11 nitrogen and oxygen atoms in total. The summed E-state index contributed by atoms with van der Waals surface area (Å²) in [5.41, 5.74) is -0.290. The Balaban J connectivity index is 1.45. The highest BCUT2D eigenvalue weighted by Gasteiger charge is 2.50.